The lowest BCUT2D eigenvalue weighted by Crippen LogP contribution is -2.21. The molecule has 30 heavy (non-hydrogen) atoms. The maximum atomic E-state index is 12.8. The van der Waals surface area contributed by atoms with Crippen LogP contribution in [0, 0.1) is 0 Å². The summed E-state index contributed by atoms with van der Waals surface area (Å²) >= 11 is 0. The van der Waals surface area contributed by atoms with Crippen molar-refractivity contribution in [2.45, 2.75) is 63.6 Å². The summed E-state index contributed by atoms with van der Waals surface area (Å²) in [5, 5.41) is 5.73. The van der Waals surface area contributed by atoms with Crippen LogP contribution in [0.3, 0.4) is 0 Å². The second-order valence-corrected chi connectivity index (χ2v) is 8.27. The van der Waals surface area contributed by atoms with Gasteiger partial charge < -0.3 is 9.72 Å². The molecule has 3 aromatic rings. The van der Waals surface area contributed by atoms with E-state index in [1.807, 2.05) is 16.8 Å². The molecule has 0 amide bonds. The normalized spacial score (nSPS) is 18.1. The Labute approximate surface area is 172 Å². The average molecular weight is 418 g/mol. The number of aromatic amines is 1. The van der Waals surface area contributed by atoms with E-state index in [0.29, 0.717) is 19.0 Å². The van der Waals surface area contributed by atoms with Crippen LogP contribution in [0.4, 0.5) is 13.2 Å². The molecule has 0 bridgehead atoms. The molecule has 1 fully saturated rings. The second-order valence-electron chi connectivity index (χ2n) is 8.27. The van der Waals surface area contributed by atoms with E-state index in [1.54, 1.807) is 0 Å². The van der Waals surface area contributed by atoms with Gasteiger partial charge in [0.2, 0.25) is 0 Å². The van der Waals surface area contributed by atoms with E-state index in [1.165, 1.54) is 29.5 Å². The van der Waals surface area contributed by atoms with Gasteiger partial charge in [0.15, 0.2) is 11.6 Å². The molecule has 0 unspecified atom stereocenters. The molecule has 2 aromatic heterocycles. The molecule has 1 aliphatic carbocycles. The van der Waals surface area contributed by atoms with Crippen LogP contribution in [0.2, 0.25) is 0 Å². The highest BCUT2D eigenvalue weighted by Crippen LogP contribution is 2.36. The van der Waals surface area contributed by atoms with Crippen molar-refractivity contribution in [3.8, 4) is 11.4 Å². The molecule has 0 spiro atoms. The molecule has 1 N–H and O–H groups in total. The van der Waals surface area contributed by atoms with Crippen molar-refractivity contribution in [2.24, 2.45) is 0 Å². The Hall–Kier alpha value is -2.35. The van der Waals surface area contributed by atoms with E-state index >= 15 is 0 Å². The lowest BCUT2D eigenvalue weighted by Gasteiger charge is -2.23. The fourth-order valence-corrected chi connectivity index (χ4v) is 4.71. The highest BCUT2D eigenvalue weighted by atomic mass is 19.4. The predicted molar refractivity (Wildman–Crippen MR) is 107 cm³/mol. The smallest absolute Gasteiger partial charge is 0.381 e. The first-order valence-electron chi connectivity index (χ1n) is 10.7. The quantitative estimate of drug-likeness (QED) is 0.637. The van der Waals surface area contributed by atoms with Crippen LogP contribution in [0.5, 0.6) is 0 Å². The number of hydrogen-bond acceptors (Lipinski definition) is 3. The number of rotatable bonds is 4. The summed E-state index contributed by atoms with van der Waals surface area (Å²) in [5.74, 6) is 0.908. The predicted octanol–water partition coefficient (Wildman–Crippen LogP) is 5.15. The molecule has 0 radical (unpaired) electrons. The van der Waals surface area contributed by atoms with Crippen molar-refractivity contribution in [2.75, 3.05) is 13.2 Å². The van der Waals surface area contributed by atoms with E-state index in [-0.39, 0.29) is 18.3 Å². The standard InChI is InChI=1S/C22H25F3N4O/c23-22(24,25)11-8-19-27-21(29(28-19)14-9-12-30-13-10-14)17-6-3-5-16-15-4-1-2-7-18(15)26-20(16)17/h3,5-6,14,26H,1-2,4,7-13H2. The summed E-state index contributed by atoms with van der Waals surface area (Å²) in [6.45, 7) is 1.26. The molecule has 3 heterocycles. The molecule has 1 saturated heterocycles. The maximum absolute atomic E-state index is 12.8. The van der Waals surface area contributed by atoms with E-state index < -0.39 is 12.6 Å². The summed E-state index contributed by atoms with van der Waals surface area (Å²) in [6.07, 6.45) is 0.685. The SMILES string of the molecule is FC(F)(F)CCc1nc(-c2cccc3c4c([nH]c23)CCCC4)n(C2CCOCC2)n1. The van der Waals surface area contributed by atoms with Crippen molar-refractivity contribution < 1.29 is 17.9 Å². The van der Waals surface area contributed by atoms with E-state index in [2.05, 4.69) is 21.1 Å². The van der Waals surface area contributed by atoms with Crippen molar-refractivity contribution >= 4 is 10.9 Å². The first kappa shape index (κ1) is 19.6. The zero-order valence-corrected chi connectivity index (χ0v) is 16.8. The molecule has 0 saturated carbocycles. The number of aryl methyl sites for hydroxylation is 3. The number of fused-ring (bicyclic) bond motifs is 3. The molecule has 5 rings (SSSR count). The third-order valence-electron chi connectivity index (χ3n) is 6.22. The van der Waals surface area contributed by atoms with Crippen LogP contribution in [0.25, 0.3) is 22.3 Å². The highest BCUT2D eigenvalue weighted by Gasteiger charge is 2.29. The van der Waals surface area contributed by atoms with Gasteiger partial charge in [-0.2, -0.15) is 18.3 Å². The van der Waals surface area contributed by atoms with Gasteiger partial charge in [-0.3, -0.25) is 0 Å². The van der Waals surface area contributed by atoms with Gasteiger partial charge in [0.05, 0.1) is 18.0 Å². The number of benzene rings is 1. The second kappa shape index (κ2) is 7.72. The van der Waals surface area contributed by atoms with Gasteiger partial charge >= 0.3 is 6.18 Å². The zero-order chi connectivity index (χ0) is 20.7. The molecule has 1 aliphatic heterocycles. The Morgan fingerprint density at radius 2 is 1.93 bits per heavy atom. The van der Waals surface area contributed by atoms with Crippen LogP contribution < -0.4 is 0 Å². The fourth-order valence-electron chi connectivity index (χ4n) is 4.71. The van der Waals surface area contributed by atoms with Gasteiger partial charge in [0.25, 0.3) is 0 Å². The van der Waals surface area contributed by atoms with Crippen LogP contribution in [0.1, 0.15) is 55.2 Å². The summed E-state index contributed by atoms with van der Waals surface area (Å²) in [7, 11) is 0. The summed E-state index contributed by atoms with van der Waals surface area (Å²) in [4.78, 5) is 8.20. The van der Waals surface area contributed by atoms with Crippen molar-refractivity contribution in [3.63, 3.8) is 0 Å². The summed E-state index contributed by atoms with van der Waals surface area (Å²) < 4.78 is 45.7. The number of H-pyrrole nitrogens is 1. The van der Waals surface area contributed by atoms with E-state index in [0.717, 1.165) is 36.8 Å². The lowest BCUT2D eigenvalue weighted by atomic mass is 9.95. The van der Waals surface area contributed by atoms with Gasteiger partial charge in [0, 0.05) is 36.3 Å². The lowest BCUT2D eigenvalue weighted by molar-refractivity contribution is -0.134. The Morgan fingerprint density at radius 3 is 2.73 bits per heavy atom. The van der Waals surface area contributed by atoms with E-state index in [9.17, 15) is 13.2 Å². The molecule has 160 valence electrons. The Morgan fingerprint density at radius 1 is 1.13 bits per heavy atom. The fraction of sp³-hybridized carbons (Fsp3) is 0.545. The van der Waals surface area contributed by atoms with Crippen molar-refractivity contribution in [1.82, 2.24) is 19.7 Å². The molecule has 1 aromatic carbocycles. The van der Waals surface area contributed by atoms with Crippen molar-refractivity contribution in [1.29, 1.82) is 0 Å². The number of nitrogens with one attached hydrogen (secondary N) is 1. The Kier molecular flexibility index (Phi) is 5.05. The maximum Gasteiger partial charge on any atom is 0.389 e. The van der Waals surface area contributed by atoms with Gasteiger partial charge in [0.1, 0.15) is 0 Å². The molecular formula is C22H25F3N4O. The topological polar surface area (TPSA) is 55.7 Å². The minimum atomic E-state index is -4.22. The van der Waals surface area contributed by atoms with Gasteiger partial charge in [-0.05, 0) is 50.2 Å². The Balaban J connectivity index is 1.60. The number of alkyl halides is 3. The minimum absolute atomic E-state index is 0.0840. The number of nitrogens with zero attached hydrogens (tertiary/aromatic N) is 3. The van der Waals surface area contributed by atoms with Crippen molar-refractivity contribution in [3.05, 3.63) is 35.3 Å². The molecule has 2 aliphatic rings. The number of aromatic nitrogens is 4. The first-order chi connectivity index (χ1) is 14.5. The van der Waals surface area contributed by atoms with Crippen LogP contribution in [-0.2, 0) is 24.0 Å². The van der Waals surface area contributed by atoms with Crippen LogP contribution >= 0.6 is 0 Å². The third-order valence-corrected chi connectivity index (χ3v) is 6.22. The largest absolute Gasteiger partial charge is 0.389 e. The third kappa shape index (κ3) is 3.73. The number of halogens is 3. The first-order valence-corrected chi connectivity index (χ1v) is 10.7. The molecular weight excluding hydrogens is 393 g/mol. The van der Waals surface area contributed by atoms with Gasteiger partial charge in [-0.25, -0.2) is 9.67 Å². The summed E-state index contributed by atoms with van der Waals surface area (Å²) in [5.41, 5.74) is 4.58. The molecule has 5 nitrogen and oxygen atoms in total. The number of ether oxygens (including phenoxy) is 1. The zero-order valence-electron chi connectivity index (χ0n) is 16.8. The Bertz CT molecular complexity index is 1050. The monoisotopic (exact) mass is 418 g/mol. The molecule has 8 heteroatoms. The number of para-hydroxylation sites is 1. The van der Waals surface area contributed by atoms with Gasteiger partial charge in [-0.1, -0.05) is 12.1 Å². The van der Waals surface area contributed by atoms with Crippen LogP contribution in [0.15, 0.2) is 18.2 Å². The number of hydrogen-bond donors (Lipinski definition) is 1. The van der Waals surface area contributed by atoms with E-state index in [4.69, 9.17) is 4.74 Å². The molecule has 0 atom stereocenters. The van der Waals surface area contributed by atoms with Crippen LogP contribution in [-0.4, -0.2) is 39.1 Å². The highest BCUT2D eigenvalue weighted by molar-refractivity contribution is 5.95. The van der Waals surface area contributed by atoms with Gasteiger partial charge in [-0.15, -0.1) is 0 Å². The average Bonchev–Trinajstić information content (AvgIpc) is 3.34. The summed E-state index contributed by atoms with van der Waals surface area (Å²) in [6, 6.07) is 6.22. The minimum Gasteiger partial charge on any atom is -0.381 e.